The van der Waals surface area contributed by atoms with E-state index in [4.69, 9.17) is 9.73 Å². The Hall–Kier alpha value is -3.02. The minimum Gasteiger partial charge on any atom is -0.385 e. The Kier molecular flexibility index (Phi) is 8.72. The average molecular weight is 569 g/mol. The molecule has 3 aliphatic heterocycles. The van der Waals surface area contributed by atoms with Crippen LogP contribution in [0.25, 0.3) is 10.1 Å². The second-order valence-corrected chi connectivity index (χ2v) is 11.9. The van der Waals surface area contributed by atoms with E-state index >= 15 is 0 Å². The standard InChI is InChI=1S/C29H40N6O4S/c1-4-30-28(38)31-25-24(22-9-5-6-10-23(22)40-25)26(36)33-16-11-21(12-17-33)34-14-7-13-29(19-34)27(37)35(20(2)32-29)15-8-18-39-3/h5-6,9-10,21H,4,7-8,11-19H2,1-3H3,(H2,30,31,38). The predicted octanol–water partition coefficient (Wildman–Crippen LogP) is 3.78. The normalized spacial score (nSPS) is 22.3. The number of urea groups is 1. The van der Waals surface area contributed by atoms with Gasteiger partial charge in [-0.1, -0.05) is 18.2 Å². The molecule has 0 bridgehead atoms. The van der Waals surface area contributed by atoms with Crippen molar-refractivity contribution in [3.05, 3.63) is 29.8 Å². The Bertz CT molecular complexity index is 1290. The molecule has 11 heteroatoms. The zero-order valence-electron chi connectivity index (χ0n) is 23.7. The topological polar surface area (TPSA) is 107 Å². The number of amides is 4. The highest BCUT2D eigenvalue weighted by atomic mass is 32.1. The number of hydrogen-bond donors (Lipinski definition) is 2. The number of piperidine rings is 2. The van der Waals surface area contributed by atoms with E-state index < -0.39 is 5.54 Å². The number of carbonyl (C=O) groups is 3. The van der Waals surface area contributed by atoms with Crippen molar-refractivity contribution in [3.8, 4) is 0 Å². The number of fused-ring (bicyclic) bond motifs is 1. The Morgan fingerprint density at radius 2 is 1.98 bits per heavy atom. The van der Waals surface area contributed by atoms with Crippen LogP contribution in [0.15, 0.2) is 29.3 Å². The predicted molar refractivity (Wildman–Crippen MR) is 158 cm³/mol. The van der Waals surface area contributed by atoms with Gasteiger partial charge in [-0.3, -0.25) is 29.7 Å². The molecule has 0 radical (unpaired) electrons. The highest BCUT2D eigenvalue weighted by Gasteiger charge is 2.50. The maximum atomic E-state index is 13.8. The third-order valence-corrected chi connectivity index (χ3v) is 9.37. The van der Waals surface area contributed by atoms with Crippen LogP contribution in [0, 0.1) is 0 Å². The van der Waals surface area contributed by atoms with Gasteiger partial charge >= 0.3 is 6.03 Å². The van der Waals surface area contributed by atoms with E-state index in [2.05, 4.69) is 15.5 Å². The van der Waals surface area contributed by atoms with Crippen LogP contribution in [0.1, 0.15) is 56.3 Å². The fourth-order valence-electron chi connectivity index (χ4n) is 6.34. The number of nitrogens with zero attached hydrogens (tertiary/aromatic N) is 4. The Balaban J connectivity index is 1.25. The van der Waals surface area contributed by atoms with Gasteiger partial charge in [-0.15, -0.1) is 11.3 Å². The third-order valence-electron chi connectivity index (χ3n) is 8.28. The number of anilines is 1. The second kappa shape index (κ2) is 12.2. The molecule has 4 amide bonds. The van der Waals surface area contributed by atoms with Gasteiger partial charge in [-0.25, -0.2) is 4.79 Å². The molecular formula is C29H40N6O4S. The highest BCUT2D eigenvalue weighted by molar-refractivity contribution is 7.23. The number of nitrogens with one attached hydrogen (secondary N) is 2. The van der Waals surface area contributed by atoms with Gasteiger partial charge in [0, 0.05) is 62.6 Å². The van der Waals surface area contributed by atoms with Crippen molar-refractivity contribution < 1.29 is 19.1 Å². The van der Waals surface area contributed by atoms with E-state index in [1.807, 2.05) is 47.9 Å². The molecule has 0 saturated carbocycles. The van der Waals surface area contributed by atoms with Gasteiger partial charge in [0.05, 0.1) is 5.56 Å². The van der Waals surface area contributed by atoms with Crippen LogP contribution < -0.4 is 10.6 Å². The molecule has 2 saturated heterocycles. The van der Waals surface area contributed by atoms with Gasteiger partial charge < -0.3 is 15.0 Å². The maximum Gasteiger partial charge on any atom is 0.319 e. The molecule has 1 atom stereocenters. The number of likely N-dealkylation sites (tertiary alicyclic amines) is 2. The van der Waals surface area contributed by atoms with Crippen LogP contribution in [0.3, 0.4) is 0 Å². The van der Waals surface area contributed by atoms with E-state index in [1.165, 1.54) is 11.3 Å². The van der Waals surface area contributed by atoms with Crippen molar-refractivity contribution in [3.63, 3.8) is 0 Å². The van der Waals surface area contributed by atoms with Crippen molar-refractivity contribution in [2.45, 2.75) is 57.5 Å². The monoisotopic (exact) mass is 568 g/mol. The van der Waals surface area contributed by atoms with Crippen molar-refractivity contribution in [1.29, 1.82) is 0 Å². The first-order chi connectivity index (χ1) is 19.4. The smallest absolute Gasteiger partial charge is 0.319 e. The molecule has 10 nitrogen and oxygen atoms in total. The van der Waals surface area contributed by atoms with E-state index in [9.17, 15) is 14.4 Å². The summed E-state index contributed by atoms with van der Waals surface area (Å²) in [6, 6.07) is 7.79. The lowest BCUT2D eigenvalue weighted by atomic mass is 9.87. The first-order valence-electron chi connectivity index (χ1n) is 14.3. The third kappa shape index (κ3) is 5.59. The number of methoxy groups -OCH3 is 1. The van der Waals surface area contributed by atoms with Crippen LogP contribution in [0.4, 0.5) is 9.80 Å². The summed E-state index contributed by atoms with van der Waals surface area (Å²) in [5, 5.41) is 7.10. The molecule has 40 heavy (non-hydrogen) atoms. The quantitative estimate of drug-likeness (QED) is 0.472. The van der Waals surface area contributed by atoms with E-state index in [-0.39, 0.29) is 17.8 Å². The molecule has 2 aromatic rings. The summed E-state index contributed by atoms with van der Waals surface area (Å²) in [4.78, 5) is 50.7. The van der Waals surface area contributed by atoms with Gasteiger partial charge in [0.15, 0.2) is 5.54 Å². The summed E-state index contributed by atoms with van der Waals surface area (Å²) in [5.74, 6) is 0.883. The van der Waals surface area contributed by atoms with Gasteiger partial charge in [0.2, 0.25) is 0 Å². The van der Waals surface area contributed by atoms with Crippen LogP contribution in [-0.2, 0) is 9.53 Å². The van der Waals surface area contributed by atoms with Crippen molar-refractivity contribution in [1.82, 2.24) is 20.0 Å². The number of aliphatic imine (C=N–C) groups is 1. The van der Waals surface area contributed by atoms with Crippen molar-refractivity contribution in [2.75, 3.05) is 58.3 Å². The highest BCUT2D eigenvalue weighted by Crippen LogP contribution is 2.38. The zero-order valence-corrected chi connectivity index (χ0v) is 24.5. The van der Waals surface area contributed by atoms with E-state index in [0.717, 1.165) is 54.6 Å². The Morgan fingerprint density at radius 3 is 2.73 bits per heavy atom. The van der Waals surface area contributed by atoms with Crippen molar-refractivity contribution in [2.24, 2.45) is 4.99 Å². The molecule has 2 N–H and O–H groups in total. The summed E-state index contributed by atoms with van der Waals surface area (Å²) in [5.41, 5.74) is -0.116. The van der Waals surface area contributed by atoms with Gasteiger partial charge in [-0.05, 0) is 58.6 Å². The van der Waals surface area contributed by atoms with Crippen LogP contribution in [0.2, 0.25) is 0 Å². The largest absolute Gasteiger partial charge is 0.385 e. The molecule has 216 valence electrons. The number of ether oxygens (including phenoxy) is 1. The van der Waals surface area contributed by atoms with Crippen LogP contribution >= 0.6 is 11.3 Å². The maximum absolute atomic E-state index is 13.8. The first-order valence-corrected chi connectivity index (χ1v) is 15.2. The second-order valence-electron chi connectivity index (χ2n) is 10.9. The minimum absolute atomic E-state index is 0.0456. The molecule has 4 heterocycles. The molecule has 2 fully saturated rings. The summed E-state index contributed by atoms with van der Waals surface area (Å²) in [7, 11) is 1.68. The molecule has 1 aromatic carbocycles. The van der Waals surface area contributed by atoms with E-state index in [0.29, 0.717) is 55.9 Å². The molecule has 1 unspecified atom stereocenters. The number of amidine groups is 1. The number of rotatable bonds is 8. The van der Waals surface area contributed by atoms with Gasteiger partial charge in [-0.2, -0.15) is 0 Å². The fourth-order valence-corrected chi connectivity index (χ4v) is 7.43. The van der Waals surface area contributed by atoms with Gasteiger partial charge in [0.25, 0.3) is 11.8 Å². The number of thiophene rings is 1. The van der Waals surface area contributed by atoms with Crippen LogP contribution in [-0.4, -0.2) is 103 Å². The summed E-state index contributed by atoms with van der Waals surface area (Å²) in [6.45, 7) is 8.42. The summed E-state index contributed by atoms with van der Waals surface area (Å²) < 4.78 is 6.15. The number of hydrogen-bond acceptors (Lipinski definition) is 7. The molecule has 1 aromatic heterocycles. The average Bonchev–Trinajstić information content (AvgIpc) is 3.42. The first kappa shape index (κ1) is 28.5. The fraction of sp³-hybridized carbons (Fsp3) is 0.586. The lowest BCUT2D eigenvalue weighted by Gasteiger charge is -2.44. The molecule has 3 aliphatic rings. The van der Waals surface area contributed by atoms with Crippen LogP contribution in [0.5, 0.6) is 0 Å². The van der Waals surface area contributed by atoms with E-state index in [1.54, 1.807) is 7.11 Å². The number of carbonyl (C=O) groups excluding carboxylic acids is 3. The zero-order chi connectivity index (χ0) is 28.3. The minimum atomic E-state index is -0.683. The molecule has 5 rings (SSSR count). The lowest BCUT2D eigenvalue weighted by molar-refractivity contribution is -0.133. The number of benzene rings is 1. The lowest BCUT2D eigenvalue weighted by Crippen LogP contribution is -2.57. The van der Waals surface area contributed by atoms with Crippen molar-refractivity contribution >= 4 is 50.1 Å². The summed E-state index contributed by atoms with van der Waals surface area (Å²) >= 11 is 1.43. The molecule has 0 aliphatic carbocycles. The Morgan fingerprint density at radius 1 is 1.20 bits per heavy atom. The Labute approximate surface area is 239 Å². The SMILES string of the molecule is CCNC(=O)Nc1sc2ccccc2c1C(=O)N1CCC(N2CCCC3(C2)N=C(C)N(CCCOC)C3=O)CC1. The molecule has 1 spiro atoms. The van der Waals surface area contributed by atoms with Gasteiger partial charge in [0.1, 0.15) is 10.8 Å². The summed E-state index contributed by atoms with van der Waals surface area (Å²) in [6.07, 6.45) is 4.20. The molecular weight excluding hydrogens is 528 g/mol.